The molecule has 0 radical (unpaired) electrons. The molecule has 0 aliphatic rings. The zero-order valence-electron chi connectivity index (χ0n) is 12.5. The van der Waals surface area contributed by atoms with Crippen LogP contribution in [0.1, 0.15) is 37.4 Å². The lowest BCUT2D eigenvalue weighted by Crippen LogP contribution is -2.08. The van der Waals surface area contributed by atoms with Crippen LogP contribution in [0, 0.1) is 6.92 Å². The Morgan fingerprint density at radius 3 is 2.55 bits per heavy atom. The maximum Gasteiger partial charge on any atom is 0.142 e. The fraction of sp³-hybridized carbons (Fsp3) is 0.333. The van der Waals surface area contributed by atoms with Gasteiger partial charge in [-0.05, 0) is 43.5 Å². The first-order chi connectivity index (χ1) is 9.70. The summed E-state index contributed by atoms with van der Waals surface area (Å²) in [6.07, 6.45) is 1.02. The van der Waals surface area contributed by atoms with Crippen LogP contribution in [0.15, 0.2) is 48.5 Å². The number of nitrogens with one attached hydrogen (secondary N) is 1. The van der Waals surface area contributed by atoms with Crippen molar-refractivity contribution in [1.29, 1.82) is 0 Å². The van der Waals surface area contributed by atoms with Crippen LogP contribution >= 0.6 is 0 Å². The van der Waals surface area contributed by atoms with Crippen LogP contribution in [0.4, 0.5) is 5.69 Å². The van der Waals surface area contributed by atoms with Gasteiger partial charge in [-0.25, -0.2) is 0 Å². The lowest BCUT2D eigenvalue weighted by Gasteiger charge is -2.19. The summed E-state index contributed by atoms with van der Waals surface area (Å²) in [6.45, 7) is 7.12. The predicted molar refractivity (Wildman–Crippen MR) is 85.4 cm³/mol. The lowest BCUT2D eigenvalue weighted by molar-refractivity contribution is 0.318. The molecule has 0 heterocycles. The number of benzene rings is 2. The van der Waals surface area contributed by atoms with E-state index < -0.39 is 0 Å². The van der Waals surface area contributed by atoms with Gasteiger partial charge in [0.05, 0.1) is 12.3 Å². The highest BCUT2D eigenvalue weighted by molar-refractivity contribution is 5.58. The third-order valence-corrected chi connectivity index (χ3v) is 3.27. The van der Waals surface area contributed by atoms with Gasteiger partial charge in [-0.15, -0.1) is 0 Å². The van der Waals surface area contributed by atoms with Crippen molar-refractivity contribution >= 4 is 5.69 Å². The van der Waals surface area contributed by atoms with Crippen LogP contribution in [0.2, 0.25) is 0 Å². The zero-order chi connectivity index (χ0) is 14.4. The molecule has 20 heavy (non-hydrogen) atoms. The molecular weight excluding hydrogens is 246 g/mol. The summed E-state index contributed by atoms with van der Waals surface area (Å²) < 4.78 is 5.84. The van der Waals surface area contributed by atoms with Crippen LogP contribution in [0.5, 0.6) is 5.75 Å². The van der Waals surface area contributed by atoms with E-state index >= 15 is 0 Å². The van der Waals surface area contributed by atoms with E-state index in [0.29, 0.717) is 0 Å². The molecule has 0 fully saturated rings. The van der Waals surface area contributed by atoms with Crippen LogP contribution < -0.4 is 10.1 Å². The quantitative estimate of drug-likeness (QED) is 0.800. The average Bonchev–Trinajstić information content (AvgIpc) is 2.48. The Morgan fingerprint density at radius 1 is 1.10 bits per heavy atom. The van der Waals surface area contributed by atoms with E-state index in [2.05, 4.69) is 68.6 Å². The smallest absolute Gasteiger partial charge is 0.142 e. The summed E-state index contributed by atoms with van der Waals surface area (Å²) in [6, 6.07) is 17.0. The van der Waals surface area contributed by atoms with Gasteiger partial charge in [0, 0.05) is 6.04 Å². The molecule has 0 amide bonds. The molecule has 1 unspecified atom stereocenters. The standard InChI is InChI=1S/C18H23NO/c1-4-12-20-18-13-14(2)10-11-17(18)19-15(3)16-8-6-5-7-9-16/h5-11,13,15,19H,4,12H2,1-3H3. The van der Waals surface area contributed by atoms with Gasteiger partial charge in [0.1, 0.15) is 5.75 Å². The van der Waals surface area contributed by atoms with E-state index in [9.17, 15) is 0 Å². The van der Waals surface area contributed by atoms with Crippen LogP contribution in [-0.2, 0) is 0 Å². The molecule has 0 spiro atoms. The van der Waals surface area contributed by atoms with Crippen molar-refractivity contribution in [3.05, 3.63) is 59.7 Å². The highest BCUT2D eigenvalue weighted by Gasteiger charge is 2.09. The highest BCUT2D eigenvalue weighted by Crippen LogP contribution is 2.29. The second kappa shape index (κ2) is 6.99. The Bertz CT molecular complexity index is 536. The predicted octanol–water partition coefficient (Wildman–Crippen LogP) is 4.96. The molecule has 0 aliphatic heterocycles. The molecule has 2 aromatic rings. The average molecular weight is 269 g/mol. The lowest BCUT2D eigenvalue weighted by atomic mass is 10.1. The molecule has 1 N–H and O–H groups in total. The van der Waals surface area contributed by atoms with Gasteiger partial charge in [0.25, 0.3) is 0 Å². The number of anilines is 1. The maximum atomic E-state index is 5.84. The van der Waals surface area contributed by atoms with Crippen LogP contribution in [-0.4, -0.2) is 6.61 Å². The first-order valence-corrected chi connectivity index (χ1v) is 7.25. The van der Waals surface area contributed by atoms with E-state index in [1.165, 1.54) is 11.1 Å². The van der Waals surface area contributed by atoms with Gasteiger partial charge in [0.15, 0.2) is 0 Å². The molecular formula is C18H23NO. The van der Waals surface area contributed by atoms with E-state index in [1.54, 1.807) is 0 Å². The van der Waals surface area contributed by atoms with Gasteiger partial charge < -0.3 is 10.1 Å². The van der Waals surface area contributed by atoms with Crippen molar-refractivity contribution in [2.75, 3.05) is 11.9 Å². The molecule has 0 saturated heterocycles. The second-order valence-corrected chi connectivity index (χ2v) is 5.12. The Kier molecular flexibility index (Phi) is 5.05. The minimum atomic E-state index is 0.253. The summed E-state index contributed by atoms with van der Waals surface area (Å²) in [5.74, 6) is 0.939. The van der Waals surface area contributed by atoms with Gasteiger partial charge in [-0.1, -0.05) is 43.3 Å². The Morgan fingerprint density at radius 2 is 1.85 bits per heavy atom. The molecule has 2 aromatic carbocycles. The van der Waals surface area contributed by atoms with Crippen LogP contribution in [0.3, 0.4) is 0 Å². The summed E-state index contributed by atoms with van der Waals surface area (Å²) in [7, 11) is 0. The summed E-state index contributed by atoms with van der Waals surface area (Å²) >= 11 is 0. The van der Waals surface area contributed by atoms with E-state index in [4.69, 9.17) is 4.74 Å². The molecule has 2 nitrogen and oxygen atoms in total. The Hall–Kier alpha value is -1.96. The minimum Gasteiger partial charge on any atom is -0.491 e. The number of hydrogen-bond donors (Lipinski definition) is 1. The van der Waals surface area contributed by atoms with Crippen molar-refractivity contribution in [3.8, 4) is 5.75 Å². The first-order valence-electron chi connectivity index (χ1n) is 7.25. The van der Waals surface area contributed by atoms with Gasteiger partial charge in [-0.2, -0.15) is 0 Å². The van der Waals surface area contributed by atoms with Crippen molar-refractivity contribution in [1.82, 2.24) is 0 Å². The number of rotatable bonds is 6. The van der Waals surface area contributed by atoms with Crippen LogP contribution in [0.25, 0.3) is 0 Å². The second-order valence-electron chi connectivity index (χ2n) is 5.12. The van der Waals surface area contributed by atoms with Crippen molar-refractivity contribution in [2.24, 2.45) is 0 Å². The van der Waals surface area contributed by atoms with Gasteiger partial charge in [0.2, 0.25) is 0 Å². The fourth-order valence-corrected chi connectivity index (χ4v) is 2.14. The molecule has 0 aliphatic carbocycles. The SMILES string of the molecule is CCCOc1cc(C)ccc1NC(C)c1ccccc1. The largest absolute Gasteiger partial charge is 0.491 e. The molecule has 0 bridgehead atoms. The topological polar surface area (TPSA) is 21.3 Å². The molecule has 2 rings (SSSR count). The molecule has 0 saturated carbocycles. The van der Waals surface area contributed by atoms with Crippen molar-refractivity contribution in [2.45, 2.75) is 33.2 Å². The van der Waals surface area contributed by atoms with E-state index in [1.807, 2.05) is 6.07 Å². The van der Waals surface area contributed by atoms with Gasteiger partial charge in [-0.3, -0.25) is 0 Å². The molecule has 0 aromatic heterocycles. The third kappa shape index (κ3) is 3.77. The van der Waals surface area contributed by atoms with E-state index in [0.717, 1.165) is 24.5 Å². The molecule has 106 valence electrons. The Balaban J connectivity index is 2.15. The molecule has 2 heteroatoms. The fourth-order valence-electron chi connectivity index (χ4n) is 2.14. The van der Waals surface area contributed by atoms with Crippen molar-refractivity contribution in [3.63, 3.8) is 0 Å². The van der Waals surface area contributed by atoms with Crippen molar-refractivity contribution < 1.29 is 4.74 Å². The maximum absolute atomic E-state index is 5.84. The third-order valence-electron chi connectivity index (χ3n) is 3.27. The monoisotopic (exact) mass is 269 g/mol. The number of aryl methyl sites for hydroxylation is 1. The van der Waals surface area contributed by atoms with Gasteiger partial charge >= 0.3 is 0 Å². The highest BCUT2D eigenvalue weighted by atomic mass is 16.5. The number of hydrogen-bond acceptors (Lipinski definition) is 2. The summed E-state index contributed by atoms with van der Waals surface area (Å²) in [4.78, 5) is 0. The van der Waals surface area contributed by atoms with E-state index in [-0.39, 0.29) is 6.04 Å². The first kappa shape index (κ1) is 14.4. The normalized spacial score (nSPS) is 11.9. The summed E-state index contributed by atoms with van der Waals surface area (Å²) in [5.41, 5.74) is 3.55. The number of ether oxygens (including phenoxy) is 1. The zero-order valence-corrected chi connectivity index (χ0v) is 12.5. The summed E-state index contributed by atoms with van der Waals surface area (Å²) in [5, 5.41) is 3.54. The molecule has 1 atom stereocenters. The Labute approximate surface area is 121 Å². The minimum absolute atomic E-state index is 0.253.